The van der Waals surface area contributed by atoms with Crippen molar-refractivity contribution in [2.24, 2.45) is 0 Å². The summed E-state index contributed by atoms with van der Waals surface area (Å²) in [5.74, 6) is 2.68. The molecule has 4 rings (SSSR count). The molecule has 0 atom stereocenters. The van der Waals surface area contributed by atoms with E-state index in [9.17, 15) is 4.79 Å². The van der Waals surface area contributed by atoms with Crippen LogP contribution in [0.25, 0.3) is 22.3 Å². The highest BCUT2D eigenvalue weighted by molar-refractivity contribution is 6.03. The average molecular weight is 443 g/mol. The van der Waals surface area contributed by atoms with E-state index >= 15 is 0 Å². The third-order valence-corrected chi connectivity index (χ3v) is 5.19. The van der Waals surface area contributed by atoms with E-state index in [0.29, 0.717) is 64.2 Å². The van der Waals surface area contributed by atoms with E-state index in [2.05, 4.69) is 5.32 Å². The predicted molar refractivity (Wildman–Crippen MR) is 116 cm³/mol. The van der Waals surface area contributed by atoms with Gasteiger partial charge in [-0.1, -0.05) is 0 Å². The van der Waals surface area contributed by atoms with E-state index in [4.69, 9.17) is 32.8 Å². The van der Waals surface area contributed by atoms with Crippen LogP contribution < -0.4 is 29.0 Å². The molecule has 32 heavy (non-hydrogen) atoms. The standard InChI is InChI=1S/C23H25NO8/c1-26-10-9-24-16(25)11-15-17-19(28-3)22-23(31-12-30-22)21(29-4)20(17)32-18(15)13-5-7-14(27-2)8-6-13/h5-8H,9-12H2,1-4H3,(H,24,25). The lowest BCUT2D eigenvalue weighted by Gasteiger charge is -2.11. The third kappa shape index (κ3) is 3.75. The number of methoxy groups -OCH3 is 4. The van der Waals surface area contributed by atoms with E-state index in [-0.39, 0.29) is 19.1 Å². The summed E-state index contributed by atoms with van der Waals surface area (Å²) in [6.45, 7) is 0.849. The molecule has 0 bridgehead atoms. The number of furan rings is 1. The van der Waals surface area contributed by atoms with Crippen LogP contribution in [0.1, 0.15) is 5.56 Å². The van der Waals surface area contributed by atoms with Crippen molar-refractivity contribution in [3.63, 3.8) is 0 Å². The topological polar surface area (TPSA) is 97.6 Å². The molecule has 0 aliphatic carbocycles. The van der Waals surface area contributed by atoms with Crippen LogP contribution in [0.4, 0.5) is 0 Å². The highest BCUT2D eigenvalue weighted by atomic mass is 16.7. The largest absolute Gasteiger partial charge is 0.497 e. The fourth-order valence-electron chi connectivity index (χ4n) is 3.74. The van der Waals surface area contributed by atoms with Gasteiger partial charge in [-0.3, -0.25) is 4.79 Å². The highest BCUT2D eigenvalue weighted by Gasteiger charge is 2.34. The molecular formula is C23H25NO8. The summed E-state index contributed by atoms with van der Waals surface area (Å²) in [5, 5.41) is 3.45. The van der Waals surface area contributed by atoms with Gasteiger partial charge >= 0.3 is 0 Å². The third-order valence-electron chi connectivity index (χ3n) is 5.19. The number of carbonyl (C=O) groups excluding carboxylic acids is 1. The molecule has 1 aliphatic rings. The lowest BCUT2D eigenvalue weighted by Crippen LogP contribution is -2.28. The molecule has 9 nitrogen and oxygen atoms in total. The molecule has 1 amide bonds. The first-order chi connectivity index (χ1) is 15.6. The first kappa shape index (κ1) is 21.6. The molecule has 0 unspecified atom stereocenters. The van der Waals surface area contributed by atoms with Gasteiger partial charge in [0.05, 0.1) is 39.7 Å². The van der Waals surface area contributed by atoms with E-state index in [1.807, 2.05) is 24.3 Å². The van der Waals surface area contributed by atoms with Crippen LogP contribution in [0, 0.1) is 0 Å². The van der Waals surface area contributed by atoms with Crippen molar-refractivity contribution in [3.8, 4) is 40.1 Å². The zero-order chi connectivity index (χ0) is 22.7. The Bertz CT molecular complexity index is 1120. The Kier molecular flexibility index (Phi) is 6.27. The summed E-state index contributed by atoms with van der Waals surface area (Å²) >= 11 is 0. The van der Waals surface area contributed by atoms with Crippen LogP contribution in [0.2, 0.25) is 0 Å². The molecule has 0 fully saturated rings. The maximum absolute atomic E-state index is 12.7. The monoisotopic (exact) mass is 443 g/mol. The van der Waals surface area contributed by atoms with Crippen molar-refractivity contribution >= 4 is 16.9 Å². The Hall–Kier alpha value is -3.59. The van der Waals surface area contributed by atoms with Crippen molar-refractivity contribution in [1.29, 1.82) is 0 Å². The second-order valence-electron chi connectivity index (χ2n) is 6.99. The van der Waals surface area contributed by atoms with Gasteiger partial charge in [-0.2, -0.15) is 0 Å². The number of carbonyl (C=O) groups is 1. The van der Waals surface area contributed by atoms with Gasteiger partial charge in [-0.25, -0.2) is 0 Å². The van der Waals surface area contributed by atoms with E-state index < -0.39 is 0 Å². The highest BCUT2D eigenvalue weighted by Crippen LogP contribution is 2.56. The first-order valence-corrected chi connectivity index (χ1v) is 10.0. The SMILES string of the molecule is COCCNC(=O)Cc1c(-c2ccc(OC)cc2)oc2c(OC)c3c(c(OC)c12)OCO3. The predicted octanol–water partition coefficient (Wildman–Crippen LogP) is 3.16. The van der Waals surface area contributed by atoms with Crippen molar-refractivity contribution in [2.75, 3.05) is 48.4 Å². The summed E-state index contributed by atoms with van der Waals surface area (Å²) in [4.78, 5) is 12.7. The van der Waals surface area contributed by atoms with E-state index in [0.717, 1.165) is 5.56 Å². The number of hydrogen-bond acceptors (Lipinski definition) is 8. The lowest BCUT2D eigenvalue weighted by molar-refractivity contribution is -0.120. The summed E-state index contributed by atoms with van der Waals surface area (Å²) in [5.41, 5.74) is 1.83. The fraction of sp³-hybridized carbons (Fsp3) is 0.348. The molecular weight excluding hydrogens is 418 g/mol. The zero-order valence-electron chi connectivity index (χ0n) is 18.4. The van der Waals surface area contributed by atoms with Gasteiger partial charge in [0.1, 0.15) is 11.5 Å². The second kappa shape index (κ2) is 9.27. The molecule has 170 valence electrons. The molecule has 3 aromatic rings. The minimum absolute atomic E-state index is 0.0346. The summed E-state index contributed by atoms with van der Waals surface area (Å²) in [6, 6.07) is 7.38. The van der Waals surface area contributed by atoms with Crippen LogP contribution in [-0.4, -0.2) is 54.3 Å². The maximum Gasteiger partial charge on any atom is 0.231 e. The van der Waals surface area contributed by atoms with Gasteiger partial charge in [0.25, 0.3) is 0 Å². The van der Waals surface area contributed by atoms with Crippen molar-refractivity contribution in [3.05, 3.63) is 29.8 Å². The molecule has 1 N–H and O–H groups in total. The fourth-order valence-corrected chi connectivity index (χ4v) is 3.74. The molecule has 1 aliphatic heterocycles. The molecule has 0 radical (unpaired) electrons. The Balaban J connectivity index is 1.92. The zero-order valence-corrected chi connectivity index (χ0v) is 18.4. The van der Waals surface area contributed by atoms with Gasteiger partial charge in [0, 0.05) is 24.8 Å². The molecule has 0 saturated carbocycles. The number of fused-ring (bicyclic) bond motifs is 2. The lowest BCUT2D eigenvalue weighted by atomic mass is 10.0. The van der Waals surface area contributed by atoms with Crippen LogP contribution in [-0.2, 0) is 16.0 Å². The second-order valence-corrected chi connectivity index (χ2v) is 6.99. The van der Waals surface area contributed by atoms with Gasteiger partial charge < -0.3 is 38.2 Å². The van der Waals surface area contributed by atoms with E-state index in [1.165, 1.54) is 14.2 Å². The smallest absolute Gasteiger partial charge is 0.231 e. The number of amides is 1. The quantitative estimate of drug-likeness (QED) is 0.504. The number of ether oxygens (including phenoxy) is 6. The van der Waals surface area contributed by atoms with Gasteiger partial charge in [-0.05, 0) is 24.3 Å². The van der Waals surface area contributed by atoms with Gasteiger partial charge in [0.2, 0.25) is 29.9 Å². The van der Waals surface area contributed by atoms with Crippen molar-refractivity contribution in [2.45, 2.75) is 6.42 Å². The molecule has 2 heterocycles. The minimum atomic E-state index is -0.182. The number of rotatable bonds is 9. The Labute approximate surface area is 185 Å². The number of benzene rings is 2. The normalized spacial score (nSPS) is 12.1. The average Bonchev–Trinajstić information content (AvgIpc) is 3.43. The molecule has 1 aromatic heterocycles. The van der Waals surface area contributed by atoms with Crippen LogP contribution in [0.5, 0.6) is 28.7 Å². The van der Waals surface area contributed by atoms with Crippen LogP contribution >= 0.6 is 0 Å². The molecule has 0 saturated heterocycles. The summed E-state index contributed by atoms with van der Waals surface area (Å²) in [7, 11) is 6.24. The minimum Gasteiger partial charge on any atom is -0.497 e. The van der Waals surface area contributed by atoms with Crippen LogP contribution in [0.3, 0.4) is 0 Å². The molecule has 9 heteroatoms. The van der Waals surface area contributed by atoms with Crippen LogP contribution in [0.15, 0.2) is 28.7 Å². The Morgan fingerprint density at radius 2 is 1.66 bits per heavy atom. The van der Waals surface area contributed by atoms with Gasteiger partial charge in [0.15, 0.2) is 11.3 Å². The van der Waals surface area contributed by atoms with Gasteiger partial charge in [-0.15, -0.1) is 0 Å². The number of hydrogen-bond donors (Lipinski definition) is 1. The molecule has 2 aromatic carbocycles. The number of nitrogens with one attached hydrogen (secondary N) is 1. The molecule has 0 spiro atoms. The Morgan fingerprint density at radius 1 is 0.969 bits per heavy atom. The Morgan fingerprint density at radius 3 is 2.28 bits per heavy atom. The van der Waals surface area contributed by atoms with Crippen molar-refractivity contribution < 1.29 is 37.6 Å². The summed E-state index contributed by atoms with van der Waals surface area (Å²) in [6.07, 6.45) is 0.0528. The summed E-state index contributed by atoms with van der Waals surface area (Å²) < 4.78 is 39.1. The van der Waals surface area contributed by atoms with E-state index in [1.54, 1.807) is 14.2 Å². The van der Waals surface area contributed by atoms with Crippen molar-refractivity contribution in [1.82, 2.24) is 5.32 Å². The maximum atomic E-state index is 12.7. The first-order valence-electron chi connectivity index (χ1n) is 10.0.